The van der Waals surface area contributed by atoms with Crippen LogP contribution in [0.15, 0.2) is 24.3 Å². The first-order valence-electron chi connectivity index (χ1n) is 9.62. The SMILES string of the molecule is O=C(NCc1cccc(CN2CCCCCC2)c1)NCC1(CO)CC1. The lowest BCUT2D eigenvalue weighted by molar-refractivity contribution is 0.203. The van der Waals surface area contributed by atoms with E-state index in [4.69, 9.17) is 0 Å². The maximum Gasteiger partial charge on any atom is 0.315 e. The number of benzene rings is 1. The summed E-state index contributed by atoms with van der Waals surface area (Å²) in [5.74, 6) is 0. The van der Waals surface area contributed by atoms with Gasteiger partial charge in [0.25, 0.3) is 0 Å². The summed E-state index contributed by atoms with van der Waals surface area (Å²) in [7, 11) is 0. The van der Waals surface area contributed by atoms with Crippen LogP contribution in [0.25, 0.3) is 0 Å². The molecule has 1 saturated carbocycles. The largest absolute Gasteiger partial charge is 0.396 e. The molecule has 1 saturated heterocycles. The molecule has 5 heteroatoms. The van der Waals surface area contributed by atoms with Crippen molar-refractivity contribution in [3.63, 3.8) is 0 Å². The highest BCUT2D eigenvalue weighted by atomic mass is 16.3. The summed E-state index contributed by atoms with van der Waals surface area (Å²) in [6, 6.07) is 8.35. The Balaban J connectivity index is 1.43. The highest BCUT2D eigenvalue weighted by molar-refractivity contribution is 5.73. The zero-order valence-corrected chi connectivity index (χ0v) is 15.1. The Morgan fingerprint density at radius 1 is 1.08 bits per heavy atom. The maximum atomic E-state index is 11.9. The van der Waals surface area contributed by atoms with Crippen molar-refractivity contribution in [1.29, 1.82) is 0 Å². The van der Waals surface area contributed by atoms with Gasteiger partial charge in [-0.25, -0.2) is 4.79 Å². The summed E-state index contributed by atoms with van der Waals surface area (Å²) in [5, 5.41) is 15.1. The zero-order chi connectivity index (χ0) is 17.5. The third kappa shape index (κ3) is 5.72. The molecule has 0 unspecified atom stereocenters. The fourth-order valence-electron chi connectivity index (χ4n) is 3.47. The van der Waals surface area contributed by atoms with Gasteiger partial charge in [-0.3, -0.25) is 4.90 Å². The number of carbonyl (C=O) groups is 1. The minimum Gasteiger partial charge on any atom is -0.396 e. The van der Waals surface area contributed by atoms with Crippen LogP contribution in [-0.4, -0.2) is 42.3 Å². The molecule has 2 amide bonds. The van der Waals surface area contributed by atoms with Crippen molar-refractivity contribution in [3.05, 3.63) is 35.4 Å². The fraction of sp³-hybridized carbons (Fsp3) is 0.650. The molecule has 3 N–H and O–H groups in total. The number of likely N-dealkylation sites (tertiary alicyclic amines) is 1. The van der Waals surface area contributed by atoms with Crippen LogP contribution in [0.1, 0.15) is 49.7 Å². The minimum absolute atomic E-state index is 0.0512. The van der Waals surface area contributed by atoms with Crippen LogP contribution in [0.3, 0.4) is 0 Å². The van der Waals surface area contributed by atoms with E-state index >= 15 is 0 Å². The van der Waals surface area contributed by atoms with Gasteiger partial charge in [0.1, 0.15) is 0 Å². The first kappa shape index (κ1) is 18.2. The summed E-state index contributed by atoms with van der Waals surface area (Å²) < 4.78 is 0. The molecule has 2 fully saturated rings. The summed E-state index contributed by atoms with van der Waals surface area (Å²) >= 11 is 0. The van der Waals surface area contributed by atoms with Crippen LogP contribution in [0.5, 0.6) is 0 Å². The van der Waals surface area contributed by atoms with Crippen LogP contribution in [0.4, 0.5) is 4.79 Å². The number of aliphatic hydroxyl groups excluding tert-OH is 1. The first-order valence-corrected chi connectivity index (χ1v) is 9.62. The third-order valence-electron chi connectivity index (χ3n) is 5.47. The van der Waals surface area contributed by atoms with E-state index in [1.165, 1.54) is 44.3 Å². The molecule has 0 aromatic heterocycles. The second-order valence-electron chi connectivity index (χ2n) is 7.70. The summed E-state index contributed by atoms with van der Waals surface area (Å²) in [4.78, 5) is 14.5. The molecule has 1 aliphatic carbocycles. The Kier molecular flexibility index (Phi) is 6.32. The molecule has 5 nitrogen and oxygen atoms in total. The van der Waals surface area contributed by atoms with Crippen LogP contribution < -0.4 is 10.6 Å². The molecule has 0 radical (unpaired) electrons. The van der Waals surface area contributed by atoms with Crippen molar-refractivity contribution in [2.24, 2.45) is 5.41 Å². The molecule has 0 bridgehead atoms. The van der Waals surface area contributed by atoms with Gasteiger partial charge in [-0.15, -0.1) is 0 Å². The summed E-state index contributed by atoms with van der Waals surface area (Å²) in [6.07, 6.45) is 7.32. The Morgan fingerprint density at radius 2 is 1.80 bits per heavy atom. The number of nitrogens with zero attached hydrogens (tertiary/aromatic N) is 1. The normalized spacial score (nSPS) is 19.9. The second kappa shape index (κ2) is 8.68. The molecule has 138 valence electrons. The molecule has 1 heterocycles. The predicted molar refractivity (Wildman–Crippen MR) is 99.2 cm³/mol. The monoisotopic (exact) mass is 345 g/mol. The zero-order valence-electron chi connectivity index (χ0n) is 15.1. The lowest BCUT2D eigenvalue weighted by Gasteiger charge is -2.20. The Hall–Kier alpha value is -1.59. The van der Waals surface area contributed by atoms with Gasteiger partial charge in [-0.2, -0.15) is 0 Å². The van der Waals surface area contributed by atoms with E-state index in [0.29, 0.717) is 13.1 Å². The number of hydrogen-bond acceptors (Lipinski definition) is 3. The van der Waals surface area contributed by atoms with E-state index in [0.717, 1.165) is 24.9 Å². The van der Waals surface area contributed by atoms with Gasteiger partial charge < -0.3 is 15.7 Å². The van der Waals surface area contributed by atoms with E-state index in [1.54, 1.807) is 0 Å². The smallest absolute Gasteiger partial charge is 0.315 e. The Labute approximate surface area is 150 Å². The van der Waals surface area contributed by atoms with Crippen LogP contribution in [0.2, 0.25) is 0 Å². The molecular formula is C20H31N3O2. The van der Waals surface area contributed by atoms with Gasteiger partial charge in [0.05, 0.1) is 6.61 Å². The predicted octanol–water partition coefficient (Wildman–Crippen LogP) is 2.63. The van der Waals surface area contributed by atoms with Gasteiger partial charge in [0.15, 0.2) is 0 Å². The maximum absolute atomic E-state index is 11.9. The van der Waals surface area contributed by atoms with E-state index in [1.807, 2.05) is 0 Å². The molecule has 25 heavy (non-hydrogen) atoms. The van der Waals surface area contributed by atoms with E-state index in [-0.39, 0.29) is 18.1 Å². The van der Waals surface area contributed by atoms with Crippen molar-refractivity contribution in [1.82, 2.24) is 15.5 Å². The van der Waals surface area contributed by atoms with Crippen molar-refractivity contribution in [2.45, 2.75) is 51.6 Å². The van der Waals surface area contributed by atoms with E-state index in [2.05, 4.69) is 39.8 Å². The van der Waals surface area contributed by atoms with Crippen molar-refractivity contribution in [2.75, 3.05) is 26.2 Å². The number of carbonyl (C=O) groups excluding carboxylic acids is 1. The number of aliphatic hydroxyl groups is 1. The number of urea groups is 1. The van der Waals surface area contributed by atoms with Crippen molar-refractivity contribution in [3.8, 4) is 0 Å². The highest BCUT2D eigenvalue weighted by Crippen LogP contribution is 2.44. The molecule has 0 spiro atoms. The third-order valence-corrected chi connectivity index (χ3v) is 5.47. The fourth-order valence-corrected chi connectivity index (χ4v) is 3.47. The van der Waals surface area contributed by atoms with Gasteiger partial charge in [-0.05, 0) is 49.9 Å². The average Bonchev–Trinajstić information content (AvgIpc) is 3.44. The lowest BCUT2D eigenvalue weighted by Crippen LogP contribution is -2.39. The number of rotatable bonds is 7. The van der Waals surface area contributed by atoms with E-state index < -0.39 is 0 Å². The lowest BCUT2D eigenvalue weighted by atomic mass is 10.1. The summed E-state index contributed by atoms with van der Waals surface area (Å²) in [5.41, 5.74) is 2.40. The van der Waals surface area contributed by atoms with Crippen molar-refractivity contribution >= 4 is 6.03 Å². The second-order valence-corrected chi connectivity index (χ2v) is 7.70. The number of hydrogen-bond donors (Lipinski definition) is 3. The van der Waals surface area contributed by atoms with Crippen LogP contribution in [-0.2, 0) is 13.1 Å². The molecule has 1 aliphatic heterocycles. The molecule has 2 aliphatic rings. The molecule has 1 aromatic carbocycles. The number of nitrogens with one attached hydrogen (secondary N) is 2. The quantitative estimate of drug-likeness (QED) is 0.712. The average molecular weight is 345 g/mol. The van der Waals surface area contributed by atoms with Crippen LogP contribution in [0, 0.1) is 5.41 Å². The molecule has 1 aromatic rings. The van der Waals surface area contributed by atoms with Gasteiger partial charge >= 0.3 is 6.03 Å². The van der Waals surface area contributed by atoms with Gasteiger partial charge in [0.2, 0.25) is 0 Å². The Bertz CT molecular complexity index is 564. The molecule has 3 rings (SSSR count). The first-order chi connectivity index (χ1) is 12.2. The van der Waals surface area contributed by atoms with E-state index in [9.17, 15) is 9.90 Å². The topological polar surface area (TPSA) is 64.6 Å². The standard InChI is InChI=1S/C20H31N3O2/c24-16-20(8-9-20)15-22-19(25)21-13-17-6-5-7-18(12-17)14-23-10-3-1-2-4-11-23/h5-7,12,24H,1-4,8-11,13-16H2,(H2,21,22,25). The minimum atomic E-state index is -0.155. The highest BCUT2D eigenvalue weighted by Gasteiger charge is 2.42. The summed E-state index contributed by atoms with van der Waals surface area (Å²) in [6.45, 7) is 4.63. The molecule has 0 atom stereocenters. The van der Waals surface area contributed by atoms with Gasteiger partial charge in [-0.1, -0.05) is 37.1 Å². The molecular weight excluding hydrogens is 314 g/mol. The van der Waals surface area contributed by atoms with Crippen molar-refractivity contribution < 1.29 is 9.90 Å². The Morgan fingerprint density at radius 3 is 2.48 bits per heavy atom. The number of amides is 2. The van der Waals surface area contributed by atoms with Crippen LogP contribution >= 0.6 is 0 Å². The van der Waals surface area contributed by atoms with Gasteiger partial charge in [0, 0.05) is 25.0 Å².